The van der Waals surface area contributed by atoms with Crippen LogP contribution in [0.5, 0.6) is 11.5 Å². The Balaban J connectivity index is 1.89. The van der Waals surface area contributed by atoms with Crippen LogP contribution in [0.1, 0.15) is 47.6 Å². The molecular weight excluding hydrogens is 446 g/mol. The minimum absolute atomic E-state index is 0.162. The summed E-state index contributed by atoms with van der Waals surface area (Å²) in [6.07, 6.45) is 4.44. The van der Waals surface area contributed by atoms with Gasteiger partial charge in [0.2, 0.25) is 0 Å². The molecule has 0 atom stereocenters. The van der Waals surface area contributed by atoms with Crippen molar-refractivity contribution in [2.24, 2.45) is 0 Å². The van der Waals surface area contributed by atoms with Crippen LogP contribution >= 0.6 is 0 Å². The van der Waals surface area contributed by atoms with Gasteiger partial charge < -0.3 is 19.0 Å². The molecule has 0 spiro atoms. The Hall–Kier alpha value is -4.39. The van der Waals surface area contributed by atoms with E-state index in [0.29, 0.717) is 29.2 Å². The highest BCUT2D eigenvalue weighted by atomic mass is 16.4. The molecule has 0 aliphatic carbocycles. The van der Waals surface area contributed by atoms with E-state index in [-0.39, 0.29) is 33.8 Å². The summed E-state index contributed by atoms with van der Waals surface area (Å²) in [6.45, 7) is 3.95. The van der Waals surface area contributed by atoms with Crippen molar-refractivity contribution in [3.8, 4) is 11.5 Å². The molecule has 176 valence electrons. The van der Waals surface area contributed by atoms with Crippen LogP contribution in [-0.4, -0.2) is 15.2 Å². The van der Waals surface area contributed by atoms with Gasteiger partial charge in [-0.15, -0.1) is 0 Å². The first-order valence-electron chi connectivity index (χ1n) is 11.4. The van der Waals surface area contributed by atoms with E-state index in [1.807, 2.05) is 26.0 Å². The molecule has 0 fully saturated rings. The molecule has 5 rings (SSSR count). The highest BCUT2D eigenvalue weighted by Crippen LogP contribution is 2.42. The molecule has 0 saturated carbocycles. The van der Waals surface area contributed by atoms with Gasteiger partial charge in [0.15, 0.2) is 0 Å². The van der Waals surface area contributed by atoms with Crippen LogP contribution in [0.25, 0.3) is 21.9 Å². The van der Waals surface area contributed by atoms with E-state index in [2.05, 4.69) is 4.98 Å². The van der Waals surface area contributed by atoms with Crippen molar-refractivity contribution in [3.05, 3.63) is 110 Å². The molecule has 0 unspecified atom stereocenters. The molecule has 0 aliphatic heterocycles. The first-order chi connectivity index (χ1) is 16.9. The minimum atomic E-state index is -1.16. The zero-order valence-electron chi connectivity index (χ0n) is 19.2. The summed E-state index contributed by atoms with van der Waals surface area (Å²) in [5.41, 5.74) is 0.831. The summed E-state index contributed by atoms with van der Waals surface area (Å²) in [5, 5.41) is 23.3. The molecule has 3 aromatic heterocycles. The first kappa shape index (κ1) is 22.4. The lowest BCUT2D eigenvalue weighted by atomic mass is 9.85. The molecule has 35 heavy (non-hydrogen) atoms. The van der Waals surface area contributed by atoms with Gasteiger partial charge in [-0.3, -0.25) is 4.98 Å². The fraction of sp³-hybridized carbons (Fsp3) is 0.179. The molecule has 7 heteroatoms. The van der Waals surface area contributed by atoms with Crippen LogP contribution in [0.3, 0.4) is 0 Å². The molecule has 7 nitrogen and oxygen atoms in total. The van der Waals surface area contributed by atoms with E-state index in [1.165, 1.54) is 12.4 Å². The number of pyridine rings is 1. The molecule has 3 heterocycles. The lowest BCUT2D eigenvalue weighted by molar-refractivity contribution is 0.441. The molecule has 2 aromatic carbocycles. The van der Waals surface area contributed by atoms with Crippen molar-refractivity contribution in [2.75, 3.05) is 0 Å². The van der Waals surface area contributed by atoms with E-state index in [9.17, 15) is 19.8 Å². The second-order valence-electron chi connectivity index (χ2n) is 8.39. The Morgan fingerprint density at radius 3 is 1.63 bits per heavy atom. The first-order valence-corrected chi connectivity index (χ1v) is 11.4. The summed E-state index contributed by atoms with van der Waals surface area (Å²) in [6, 6.07) is 13.6. The second-order valence-corrected chi connectivity index (χ2v) is 8.39. The number of nitrogens with zero attached hydrogens (tertiary/aromatic N) is 1. The van der Waals surface area contributed by atoms with Crippen LogP contribution in [0.15, 0.2) is 79.3 Å². The van der Waals surface area contributed by atoms with E-state index >= 15 is 0 Å². The Morgan fingerprint density at radius 1 is 0.743 bits per heavy atom. The second kappa shape index (κ2) is 8.76. The maximum Gasteiger partial charge on any atom is 0.344 e. The summed E-state index contributed by atoms with van der Waals surface area (Å²) < 4.78 is 11.1. The Morgan fingerprint density at radius 2 is 1.20 bits per heavy atom. The lowest BCUT2D eigenvalue weighted by Gasteiger charge is -2.19. The maximum absolute atomic E-state index is 13.2. The summed E-state index contributed by atoms with van der Waals surface area (Å²) in [5.74, 6) is -1.78. The number of fused-ring (bicyclic) bond motifs is 2. The predicted molar refractivity (Wildman–Crippen MR) is 132 cm³/mol. The van der Waals surface area contributed by atoms with Gasteiger partial charge in [0.1, 0.15) is 22.7 Å². The number of benzene rings is 2. The van der Waals surface area contributed by atoms with Crippen molar-refractivity contribution < 1.29 is 19.0 Å². The van der Waals surface area contributed by atoms with Gasteiger partial charge in [-0.05, 0) is 65.9 Å². The minimum Gasteiger partial charge on any atom is -0.507 e. The standard InChI is InChI=1S/C28H23NO6/c1-3-15-5-7-20-18(13-15)25(30)23(27(32)34-20)22(17-9-11-29-12-10-17)24-26(31)19-14-16(4-2)6-8-21(19)35-28(24)33/h5-14,22,30-31H,3-4H2,1-2H3. The predicted octanol–water partition coefficient (Wildman–Crippen LogP) is 5.01. The molecule has 0 radical (unpaired) electrons. The van der Waals surface area contributed by atoms with Gasteiger partial charge in [-0.25, -0.2) is 9.59 Å². The van der Waals surface area contributed by atoms with Crippen LogP contribution in [0.4, 0.5) is 0 Å². The van der Waals surface area contributed by atoms with Crippen LogP contribution in [0, 0.1) is 0 Å². The normalized spacial score (nSPS) is 11.5. The summed E-state index contributed by atoms with van der Waals surface area (Å²) >= 11 is 0. The third-order valence-corrected chi connectivity index (χ3v) is 6.39. The lowest BCUT2D eigenvalue weighted by Crippen LogP contribution is -2.21. The monoisotopic (exact) mass is 469 g/mol. The SMILES string of the molecule is CCc1ccc2oc(=O)c(C(c3ccncc3)c3c(O)c4cc(CC)ccc4oc3=O)c(O)c2c1. The molecule has 0 aliphatic rings. The third-order valence-electron chi connectivity index (χ3n) is 6.39. The van der Waals surface area contributed by atoms with Crippen LogP contribution < -0.4 is 11.3 Å². The van der Waals surface area contributed by atoms with E-state index in [1.54, 1.807) is 36.4 Å². The Kier molecular flexibility index (Phi) is 5.61. The zero-order valence-corrected chi connectivity index (χ0v) is 19.2. The topological polar surface area (TPSA) is 114 Å². The van der Waals surface area contributed by atoms with Gasteiger partial charge in [0, 0.05) is 12.4 Å². The number of aryl methyl sites for hydroxylation is 2. The van der Waals surface area contributed by atoms with Gasteiger partial charge in [0.05, 0.1) is 27.8 Å². The molecule has 2 N–H and O–H groups in total. The average Bonchev–Trinajstić information content (AvgIpc) is 2.88. The van der Waals surface area contributed by atoms with E-state index in [4.69, 9.17) is 8.83 Å². The number of aromatic nitrogens is 1. The van der Waals surface area contributed by atoms with Gasteiger partial charge in [-0.2, -0.15) is 0 Å². The molecule has 5 aromatic rings. The number of hydrogen-bond donors (Lipinski definition) is 2. The smallest absolute Gasteiger partial charge is 0.344 e. The summed E-state index contributed by atoms with van der Waals surface area (Å²) in [7, 11) is 0. The number of aromatic hydroxyl groups is 2. The van der Waals surface area contributed by atoms with Gasteiger partial charge >= 0.3 is 11.3 Å². The van der Waals surface area contributed by atoms with E-state index in [0.717, 1.165) is 11.1 Å². The average molecular weight is 469 g/mol. The largest absolute Gasteiger partial charge is 0.507 e. The number of hydrogen-bond acceptors (Lipinski definition) is 7. The van der Waals surface area contributed by atoms with Crippen molar-refractivity contribution in [1.82, 2.24) is 4.98 Å². The molecule has 0 amide bonds. The fourth-order valence-electron chi connectivity index (χ4n) is 4.48. The third kappa shape index (κ3) is 3.75. The maximum atomic E-state index is 13.2. The molecule has 0 bridgehead atoms. The highest BCUT2D eigenvalue weighted by molar-refractivity contribution is 5.87. The van der Waals surface area contributed by atoms with Gasteiger partial charge in [-0.1, -0.05) is 26.0 Å². The summed E-state index contributed by atoms with van der Waals surface area (Å²) in [4.78, 5) is 30.5. The van der Waals surface area contributed by atoms with Crippen LogP contribution in [0.2, 0.25) is 0 Å². The van der Waals surface area contributed by atoms with E-state index < -0.39 is 17.2 Å². The van der Waals surface area contributed by atoms with Crippen molar-refractivity contribution in [3.63, 3.8) is 0 Å². The van der Waals surface area contributed by atoms with Crippen LogP contribution in [-0.2, 0) is 12.8 Å². The van der Waals surface area contributed by atoms with Crippen molar-refractivity contribution in [2.45, 2.75) is 32.6 Å². The Bertz CT molecular complexity index is 1580. The van der Waals surface area contributed by atoms with Crippen molar-refractivity contribution >= 4 is 21.9 Å². The fourth-order valence-corrected chi connectivity index (χ4v) is 4.48. The number of rotatable bonds is 5. The molecular formula is C28H23NO6. The highest BCUT2D eigenvalue weighted by Gasteiger charge is 2.32. The molecule has 0 saturated heterocycles. The van der Waals surface area contributed by atoms with Gasteiger partial charge in [0.25, 0.3) is 0 Å². The Labute approximate surface area is 199 Å². The zero-order chi connectivity index (χ0) is 24.7. The van der Waals surface area contributed by atoms with Crippen molar-refractivity contribution in [1.29, 1.82) is 0 Å². The quantitative estimate of drug-likeness (QED) is 0.348.